The molecule has 0 aromatic carbocycles. The molecule has 0 aromatic rings. The Morgan fingerprint density at radius 3 is 2.22 bits per heavy atom. The molecule has 0 radical (unpaired) electrons. The molecule has 5 heteroatoms. The van der Waals surface area contributed by atoms with Crippen molar-refractivity contribution in [2.45, 2.75) is 0 Å². The first kappa shape index (κ1) is 8.80. The summed E-state index contributed by atoms with van der Waals surface area (Å²) in [6.07, 6.45) is 0. The van der Waals surface area contributed by atoms with E-state index < -0.39 is 0 Å². The minimum Gasteiger partial charge on any atom is -0.634 e. The second-order valence-corrected chi connectivity index (χ2v) is 1.93. The van der Waals surface area contributed by atoms with Crippen LogP contribution in [-0.4, -0.2) is 27.2 Å². The molecule has 2 atom stereocenters. The third kappa shape index (κ3) is 7.80. The maximum Gasteiger partial charge on any atom is 0.0945 e. The van der Waals surface area contributed by atoms with Crippen LogP contribution in [0.1, 0.15) is 0 Å². The second kappa shape index (κ2) is 4.66. The van der Waals surface area contributed by atoms with Crippen molar-refractivity contribution in [1.29, 1.82) is 0 Å². The minimum atomic E-state index is -0.0868. The molecule has 5 nitrogen and oxygen atoms in total. The van der Waals surface area contributed by atoms with Gasteiger partial charge in [-0.1, -0.05) is 0 Å². The van der Waals surface area contributed by atoms with E-state index in [0.29, 0.717) is 13.1 Å². The highest BCUT2D eigenvalue weighted by atomic mass is 16.5. The molecular weight excluding hydrogens is 122 g/mol. The number of hydrogen-bond acceptors (Lipinski definition) is 3. The zero-order valence-corrected chi connectivity index (χ0v) is 5.73. The Labute approximate surface area is 54.4 Å². The van der Waals surface area contributed by atoms with Crippen molar-refractivity contribution in [1.82, 2.24) is 5.43 Å². The van der Waals surface area contributed by atoms with Crippen LogP contribution >= 0.6 is 0 Å². The molecule has 0 aromatic heterocycles. The lowest BCUT2D eigenvalue weighted by molar-refractivity contribution is -0.884. The van der Waals surface area contributed by atoms with Crippen molar-refractivity contribution < 1.29 is 10.2 Å². The summed E-state index contributed by atoms with van der Waals surface area (Å²) < 4.78 is 0. The number of nitrogens with one attached hydrogen (secondary N) is 3. The summed E-state index contributed by atoms with van der Waals surface area (Å²) in [5, 5.41) is 20.5. The van der Waals surface area contributed by atoms with E-state index in [2.05, 4.69) is 5.43 Å². The molecule has 0 heterocycles. The zero-order chi connectivity index (χ0) is 7.28. The molecule has 0 rings (SSSR count). The molecular formula is C4H13N3O2. The third-order valence-corrected chi connectivity index (χ3v) is 0.851. The molecule has 0 aliphatic heterocycles. The van der Waals surface area contributed by atoms with E-state index in [0.717, 1.165) is 0 Å². The van der Waals surface area contributed by atoms with E-state index in [1.807, 2.05) is 0 Å². The lowest BCUT2D eigenvalue weighted by Gasteiger charge is -2.19. The average molecular weight is 135 g/mol. The number of hydroxylamine groups is 3. The van der Waals surface area contributed by atoms with Crippen LogP contribution in [0.5, 0.6) is 0 Å². The fraction of sp³-hybridized carbons (Fsp3) is 1.00. The Morgan fingerprint density at radius 1 is 1.33 bits per heavy atom. The first-order chi connectivity index (χ1) is 4.13. The van der Waals surface area contributed by atoms with Crippen molar-refractivity contribution >= 4 is 0 Å². The van der Waals surface area contributed by atoms with Crippen molar-refractivity contribution in [3.63, 3.8) is 0 Å². The summed E-state index contributed by atoms with van der Waals surface area (Å²) in [6, 6.07) is 0. The van der Waals surface area contributed by atoms with Gasteiger partial charge in [-0.15, -0.1) is 0 Å². The van der Waals surface area contributed by atoms with E-state index in [1.54, 1.807) is 0 Å². The highest BCUT2D eigenvalue weighted by molar-refractivity contribution is 4.26. The molecule has 0 amide bonds. The second-order valence-electron chi connectivity index (χ2n) is 1.93. The van der Waals surface area contributed by atoms with Gasteiger partial charge in [0, 0.05) is 0 Å². The van der Waals surface area contributed by atoms with Gasteiger partial charge in [0.05, 0.1) is 27.2 Å². The topological polar surface area (TPSA) is 67.0 Å². The first-order valence-electron chi connectivity index (χ1n) is 2.87. The van der Waals surface area contributed by atoms with Gasteiger partial charge in [-0.05, 0) is 0 Å². The number of likely N-dealkylation sites (N-methyl/N-ethyl adjacent to an activating group) is 1. The van der Waals surface area contributed by atoms with Crippen LogP contribution in [0.4, 0.5) is 0 Å². The monoisotopic (exact) mass is 135 g/mol. The van der Waals surface area contributed by atoms with Crippen LogP contribution < -0.4 is 15.7 Å². The zero-order valence-electron chi connectivity index (χ0n) is 5.73. The van der Waals surface area contributed by atoms with Crippen molar-refractivity contribution in [2.75, 3.05) is 27.2 Å². The lowest BCUT2D eigenvalue weighted by Crippen LogP contribution is -3.13. The summed E-state index contributed by atoms with van der Waals surface area (Å²) in [5.41, 5.74) is 2.52. The van der Waals surface area contributed by atoms with Gasteiger partial charge in [0.1, 0.15) is 0 Å². The summed E-state index contributed by atoms with van der Waals surface area (Å²) in [4.78, 5) is 0. The van der Waals surface area contributed by atoms with Crippen LogP contribution in [0, 0.1) is 10.4 Å². The van der Waals surface area contributed by atoms with E-state index >= 15 is 0 Å². The molecule has 3 N–H and O–H groups in total. The van der Waals surface area contributed by atoms with Crippen LogP contribution in [0.25, 0.3) is 0 Å². The van der Waals surface area contributed by atoms with Gasteiger partial charge < -0.3 is 15.5 Å². The average Bonchev–Trinajstić information content (AvgIpc) is 1.63. The third-order valence-electron chi connectivity index (χ3n) is 0.851. The summed E-state index contributed by atoms with van der Waals surface area (Å²) in [5.74, 6) is 0. The van der Waals surface area contributed by atoms with Gasteiger partial charge in [0.25, 0.3) is 0 Å². The van der Waals surface area contributed by atoms with Crippen LogP contribution in [0.15, 0.2) is 0 Å². The number of quaternary nitrogens is 2. The van der Waals surface area contributed by atoms with Gasteiger partial charge >= 0.3 is 0 Å². The molecule has 0 saturated carbocycles. The molecule has 0 spiro atoms. The molecule has 0 fully saturated rings. The Bertz CT molecular complexity index is 58.8. The summed E-state index contributed by atoms with van der Waals surface area (Å²) >= 11 is 0. The standard InChI is InChI=1S/C4H13N3O2/c1-6(8)4-3-5-7(2)9/h5-7H,3-4H2,1-2H3. The van der Waals surface area contributed by atoms with Gasteiger partial charge in [-0.25, -0.2) is 0 Å². The van der Waals surface area contributed by atoms with Gasteiger partial charge in [0.2, 0.25) is 0 Å². The van der Waals surface area contributed by atoms with Crippen molar-refractivity contribution in [2.24, 2.45) is 0 Å². The maximum atomic E-state index is 10.3. The van der Waals surface area contributed by atoms with Crippen LogP contribution in [-0.2, 0) is 0 Å². The van der Waals surface area contributed by atoms with Crippen molar-refractivity contribution in [3.8, 4) is 0 Å². The fourth-order valence-corrected chi connectivity index (χ4v) is 0.415. The Balaban J connectivity index is 2.91. The van der Waals surface area contributed by atoms with Crippen LogP contribution in [0.3, 0.4) is 0 Å². The van der Waals surface area contributed by atoms with Crippen molar-refractivity contribution in [3.05, 3.63) is 10.4 Å². The minimum absolute atomic E-state index is 0.0868. The Morgan fingerprint density at radius 2 is 1.89 bits per heavy atom. The van der Waals surface area contributed by atoms with Crippen LogP contribution in [0.2, 0.25) is 0 Å². The smallest absolute Gasteiger partial charge is 0.0945 e. The number of rotatable bonds is 4. The highest BCUT2D eigenvalue weighted by Crippen LogP contribution is 1.38. The van der Waals surface area contributed by atoms with E-state index in [-0.39, 0.29) is 10.2 Å². The summed E-state index contributed by atoms with van der Waals surface area (Å²) in [6.45, 7) is 0.893. The van der Waals surface area contributed by atoms with E-state index in [9.17, 15) is 10.4 Å². The largest absolute Gasteiger partial charge is 0.634 e. The fourth-order valence-electron chi connectivity index (χ4n) is 0.415. The molecule has 0 aliphatic rings. The van der Waals surface area contributed by atoms with Gasteiger partial charge in [0.15, 0.2) is 0 Å². The molecule has 0 bridgehead atoms. The molecule has 2 unspecified atom stereocenters. The lowest BCUT2D eigenvalue weighted by atomic mass is 10.6. The normalized spacial score (nSPS) is 17.3. The molecule has 9 heavy (non-hydrogen) atoms. The molecule has 0 saturated heterocycles. The predicted octanol–water partition coefficient (Wildman–Crippen LogP) is -3.48. The first-order valence-corrected chi connectivity index (χ1v) is 2.87. The summed E-state index contributed by atoms with van der Waals surface area (Å²) in [7, 11) is 2.93. The van der Waals surface area contributed by atoms with Gasteiger partial charge in [-0.2, -0.15) is 5.43 Å². The number of hydrogen-bond donors (Lipinski definition) is 3. The quantitative estimate of drug-likeness (QED) is 0.351. The molecule has 56 valence electrons. The Hall–Kier alpha value is -0.200. The molecule has 0 aliphatic carbocycles. The van der Waals surface area contributed by atoms with E-state index in [1.165, 1.54) is 14.1 Å². The SMILES string of the molecule is C[NH+]([O-])CCN[NH+](C)[O-]. The van der Waals surface area contributed by atoms with E-state index in [4.69, 9.17) is 0 Å². The maximum absolute atomic E-state index is 10.3. The Kier molecular flexibility index (Phi) is 4.55. The predicted molar refractivity (Wildman–Crippen MR) is 33.4 cm³/mol. The van der Waals surface area contributed by atoms with Gasteiger partial charge in [-0.3, -0.25) is 5.17 Å². The highest BCUT2D eigenvalue weighted by Gasteiger charge is 1.89.